The number of hydrogen-bond acceptors (Lipinski definition) is 6. The molecule has 1 aliphatic rings. The Kier molecular flexibility index (Phi) is 6.16. The second-order valence-electron chi connectivity index (χ2n) is 5.96. The van der Waals surface area contributed by atoms with Gasteiger partial charge in [-0.25, -0.2) is 0 Å². The van der Waals surface area contributed by atoms with Gasteiger partial charge in [0.2, 0.25) is 0 Å². The fraction of sp³-hybridized carbons (Fsp3) is 0.200. The van der Waals surface area contributed by atoms with Crippen LogP contribution < -0.4 is 14.8 Å². The Morgan fingerprint density at radius 1 is 1.07 bits per heavy atom. The van der Waals surface area contributed by atoms with Crippen molar-refractivity contribution in [3.05, 3.63) is 64.6 Å². The van der Waals surface area contributed by atoms with Crippen molar-refractivity contribution in [3.8, 4) is 11.5 Å². The zero-order valence-electron chi connectivity index (χ0n) is 14.7. The maximum atomic E-state index is 11.5. The number of thioether (sulfide) groups is 1. The summed E-state index contributed by atoms with van der Waals surface area (Å²) >= 11 is 0.875. The van der Waals surface area contributed by atoms with Crippen molar-refractivity contribution in [2.75, 3.05) is 13.2 Å². The molecular formula is C20H19NO5S. The molecule has 0 aliphatic carbocycles. The highest BCUT2D eigenvalue weighted by Crippen LogP contribution is 2.26. The summed E-state index contributed by atoms with van der Waals surface area (Å²) in [4.78, 5) is 23.0. The number of nitrogens with one attached hydrogen (secondary N) is 1. The normalized spacial score (nSPS) is 16.3. The Labute approximate surface area is 161 Å². The first-order valence-corrected chi connectivity index (χ1v) is 9.17. The van der Waals surface area contributed by atoms with Crippen LogP contribution in [0.3, 0.4) is 0 Å². The van der Waals surface area contributed by atoms with Gasteiger partial charge in [-0.3, -0.25) is 14.9 Å². The van der Waals surface area contributed by atoms with Crippen LogP contribution in [-0.4, -0.2) is 35.6 Å². The van der Waals surface area contributed by atoms with Gasteiger partial charge in [0.15, 0.2) is 0 Å². The molecule has 0 aromatic heterocycles. The van der Waals surface area contributed by atoms with Crippen LogP contribution in [0, 0.1) is 6.92 Å². The van der Waals surface area contributed by atoms with Gasteiger partial charge in [-0.15, -0.1) is 0 Å². The number of aliphatic hydroxyl groups is 1. The molecule has 2 amide bonds. The number of rotatable bonds is 7. The predicted octanol–water partition coefficient (Wildman–Crippen LogP) is 3.14. The lowest BCUT2D eigenvalue weighted by Crippen LogP contribution is -2.25. The van der Waals surface area contributed by atoms with Crippen LogP contribution in [0.2, 0.25) is 0 Å². The summed E-state index contributed by atoms with van der Waals surface area (Å²) in [6.45, 7) is 2.17. The fourth-order valence-corrected chi connectivity index (χ4v) is 3.06. The molecule has 6 nitrogen and oxygen atoms in total. The van der Waals surface area contributed by atoms with E-state index in [1.54, 1.807) is 30.3 Å². The van der Waals surface area contributed by atoms with Crippen molar-refractivity contribution >= 4 is 29.0 Å². The molecule has 2 aromatic carbocycles. The van der Waals surface area contributed by atoms with Crippen LogP contribution in [0.4, 0.5) is 4.79 Å². The summed E-state index contributed by atoms with van der Waals surface area (Å²) in [5.41, 5.74) is 1.78. The Bertz CT molecular complexity index is 863. The largest absolute Gasteiger partial charge is 0.491 e. The summed E-state index contributed by atoms with van der Waals surface area (Å²) in [5, 5.41) is 11.9. The lowest BCUT2D eigenvalue weighted by Gasteiger charge is -2.14. The number of ether oxygens (including phenoxy) is 2. The predicted molar refractivity (Wildman–Crippen MR) is 104 cm³/mol. The van der Waals surface area contributed by atoms with Crippen LogP contribution in [0.5, 0.6) is 11.5 Å². The third-order valence-corrected chi connectivity index (χ3v) is 4.60. The van der Waals surface area contributed by atoms with E-state index in [2.05, 4.69) is 5.32 Å². The monoisotopic (exact) mass is 385 g/mol. The molecule has 27 heavy (non-hydrogen) atoms. The molecule has 140 valence electrons. The van der Waals surface area contributed by atoms with Gasteiger partial charge < -0.3 is 14.6 Å². The Hall–Kier alpha value is -2.77. The van der Waals surface area contributed by atoms with Gasteiger partial charge in [0, 0.05) is 0 Å². The van der Waals surface area contributed by atoms with Gasteiger partial charge in [0.25, 0.3) is 11.1 Å². The maximum Gasteiger partial charge on any atom is 0.290 e. The Morgan fingerprint density at radius 2 is 1.78 bits per heavy atom. The summed E-state index contributed by atoms with van der Waals surface area (Å²) in [5.74, 6) is 0.940. The summed E-state index contributed by atoms with van der Waals surface area (Å²) in [6, 6.07) is 14.6. The number of carbonyl (C=O) groups is 2. The molecule has 2 aromatic rings. The number of aliphatic hydroxyl groups excluding tert-OH is 1. The first kappa shape index (κ1) is 19.0. The highest BCUT2D eigenvalue weighted by atomic mass is 32.2. The molecule has 1 heterocycles. The minimum absolute atomic E-state index is 0.0963. The standard InChI is InChI=1S/C20H19NO5S/c1-13-4-2-3-5-17(13)26-12-15(22)11-25-16-8-6-14(7-9-16)10-18-19(23)21-20(24)27-18/h2-10,15,22H,11-12H2,1H3,(H,21,23,24)/b18-10+. The molecule has 0 radical (unpaired) electrons. The molecule has 3 rings (SSSR count). The molecule has 1 aliphatic heterocycles. The minimum atomic E-state index is -0.768. The molecule has 1 atom stereocenters. The van der Waals surface area contributed by atoms with Crippen LogP contribution in [0.1, 0.15) is 11.1 Å². The van der Waals surface area contributed by atoms with E-state index in [9.17, 15) is 14.7 Å². The summed E-state index contributed by atoms with van der Waals surface area (Å²) in [7, 11) is 0. The lowest BCUT2D eigenvalue weighted by molar-refractivity contribution is -0.115. The second kappa shape index (κ2) is 8.75. The second-order valence-corrected chi connectivity index (χ2v) is 6.98. The SMILES string of the molecule is Cc1ccccc1OCC(O)COc1ccc(/C=C2/SC(=O)NC2=O)cc1. The fourth-order valence-electron chi connectivity index (χ4n) is 2.38. The molecule has 1 unspecified atom stereocenters. The van der Waals surface area contributed by atoms with Crippen LogP contribution in [0.25, 0.3) is 6.08 Å². The van der Waals surface area contributed by atoms with Gasteiger partial charge in [0.05, 0.1) is 4.91 Å². The number of carbonyl (C=O) groups excluding carboxylic acids is 2. The molecular weight excluding hydrogens is 366 g/mol. The average molecular weight is 385 g/mol. The first-order valence-electron chi connectivity index (χ1n) is 8.35. The number of imide groups is 1. The van der Waals surface area contributed by atoms with E-state index in [-0.39, 0.29) is 24.4 Å². The number of amides is 2. The van der Waals surface area contributed by atoms with Gasteiger partial charge in [0.1, 0.15) is 30.8 Å². The molecule has 1 saturated heterocycles. The minimum Gasteiger partial charge on any atom is -0.491 e. The van der Waals surface area contributed by atoms with Gasteiger partial charge in [-0.2, -0.15) is 0 Å². The number of hydrogen-bond donors (Lipinski definition) is 2. The number of aryl methyl sites for hydroxylation is 1. The van der Waals surface area contributed by atoms with Crippen LogP contribution >= 0.6 is 11.8 Å². The van der Waals surface area contributed by atoms with Crippen molar-refractivity contribution in [1.82, 2.24) is 5.32 Å². The zero-order chi connectivity index (χ0) is 19.2. The zero-order valence-corrected chi connectivity index (χ0v) is 15.5. The highest BCUT2D eigenvalue weighted by molar-refractivity contribution is 8.18. The van der Waals surface area contributed by atoms with E-state index in [1.165, 1.54) is 0 Å². The van der Waals surface area contributed by atoms with E-state index in [0.29, 0.717) is 10.7 Å². The smallest absolute Gasteiger partial charge is 0.290 e. The van der Waals surface area contributed by atoms with E-state index in [1.807, 2.05) is 31.2 Å². The lowest BCUT2D eigenvalue weighted by atomic mass is 10.2. The van der Waals surface area contributed by atoms with E-state index in [0.717, 1.165) is 28.6 Å². The maximum absolute atomic E-state index is 11.5. The highest BCUT2D eigenvalue weighted by Gasteiger charge is 2.24. The Balaban J connectivity index is 1.48. The van der Waals surface area contributed by atoms with Crippen molar-refractivity contribution < 1.29 is 24.2 Å². The molecule has 0 spiro atoms. The van der Waals surface area contributed by atoms with Crippen molar-refractivity contribution in [2.24, 2.45) is 0 Å². The van der Waals surface area contributed by atoms with Crippen molar-refractivity contribution in [2.45, 2.75) is 13.0 Å². The average Bonchev–Trinajstić information content (AvgIpc) is 2.97. The summed E-state index contributed by atoms with van der Waals surface area (Å²) in [6.07, 6.45) is 0.871. The molecule has 1 fully saturated rings. The topological polar surface area (TPSA) is 84.9 Å². The third kappa shape index (κ3) is 5.35. The molecule has 0 bridgehead atoms. The number of benzene rings is 2. The Morgan fingerprint density at radius 3 is 2.44 bits per heavy atom. The molecule has 7 heteroatoms. The molecule has 2 N–H and O–H groups in total. The van der Waals surface area contributed by atoms with Crippen molar-refractivity contribution in [1.29, 1.82) is 0 Å². The van der Waals surface area contributed by atoms with Crippen molar-refractivity contribution in [3.63, 3.8) is 0 Å². The first-order chi connectivity index (χ1) is 13.0. The van der Waals surface area contributed by atoms with Crippen LogP contribution in [0.15, 0.2) is 53.4 Å². The van der Waals surface area contributed by atoms with Gasteiger partial charge in [-0.1, -0.05) is 30.3 Å². The quantitative estimate of drug-likeness (QED) is 0.713. The van der Waals surface area contributed by atoms with E-state index in [4.69, 9.17) is 9.47 Å². The number of para-hydroxylation sites is 1. The van der Waals surface area contributed by atoms with E-state index >= 15 is 0 Å². The molecule has 0 saturated carbocycles. The van der Waals surface area contributed by atoms with Gasteiger partial charge >= 0.3 is 0 Å². The van der Waals surface area contributed by atoms with Crippen LogP contribution in [-0.2, 0) is 4.79 Å². The third-order valence-electron chi connectivity index (χ3n) is 3.79. The van der Waals surface area contributed by atoms with Gasteiger partial charge in [-0.05, 0) is 54.1 Å². The summed E-state index contributed by atoms with van der Waals surface area (Å²) < 4.78 is 11.2. The van der Waals surface area contributed by atoms with E-state index < -0.39 is 6.10 Å².